The molecule has 0 radical (unpaired) electrons. The van der Waals surface area contributed by atoms with E-state index in [9.17, 15) is 4.21 Å². The van der Waals surface area contributed by atoms with Gasteiger partial charge in [0.2, 0.25) is 0 Å². The highest BCUT2D eigenvalue weighted by Crippen LogP contribution is 2.35. The Morgan fingerprint density at radius 2 is 1.72 bits per heavy atom. The monoisotopic (exact) mass is 256 g/mol. The number of hydrogen-bond acceptors (Lipinski definition) is 1. The summed E-state index contributed by atoms with van der Waals surface area (Å²) in [5.41, 5.74) is 3.64. The second-order valence-corrected chi connectivity index (χ2v) is 6.43. The van der Waals surface area contributed by atoms with Gasteiger partial charge in [-0.25, -0.2) is 4.21 Å². The van der Waals surface area contributed by atoms with Gasteiger partial charge in [0, 0.05) is 4.90 Å². The zero-order chi connectivity index (χ0) is 12.7. The lowest BCUT2D eigenvalue weighted by Crippen LogP contribution is -2.12. The van der Waals surface area contributed by atoms with Crippen LogP contribution in [0.25, 0.3) is 0 Å². The van der Waals surface area contributed by atoms with E-state index < -0.39 is 10.8 Å². The summed E-state index contributed by atoms with van der Waals surface area (Å²) in [6, 6.07) is 14.4. The van der Waals surface area contributed by atoms with E-state index in [1.54, 1.807) is 0 Å². The summed E-state index contributed by atoms with van der Waals surface area (Å²) in [5.74, 6) is 0.411. The number of fused-ring (bicyclic) bond motifs is 2. The molecule has 2 aromatic rings. The highest BCUT2D eigenvalue weighted by atomic mass is 32.2. The smallest absolute Gasteiger partial charge is 0.0858 e. The summed E-state index contributed by atoms with van der Waals surface area (Å²) in [6.45, 7) is 4.32. The molecule has 0 bridgehead atoms. The van der Waals surface area contributed by atoms with Crippen LogP contribution in [0.2, 0.25) is 0 Å². The van der Waals surface area contributed by atoms with Gasteiger partial charge < -0.3 is 0 Å². The largest absolute Gasteiger partial charge is 0.249 e. The molecule has 1 heterocycles. The first-order chi connectivity index (χ1) is 8.68. The van der Waals surface area contributed by atoms with Gasteiger partial charge in [-0.3, -0.25) is 0 Å². The minimum absolute atomic E-state index is 0.411. The van der Waals surface area contributed by atoms with Crippen molar-refractivity contribution in [2.45, 2.75) is 36.0 Å². The molecular formula is C16H16OS. The van der Waals surface area contributed by atoms with Crippen LogP contribution in [0.5, 0.6) is 0 Å². The van der Waals surface area contributed by atoms with Crippen molar-refractivity contribution in [3.05, 3.63) is 59.2 Å². The van der Waals surface area contributed by atoms with Gasteiger partial charge in [0.25, 0.3) is 0 Å². The Bertz CT molecular complexity index is 629. The van der Waals surface area contributed by atoms with Crippen LogP contribution >= 0.6 is 0 Å². The molecule has 0 fully saturated rings. The van der Waals surface area contributed by atoms with Crippen molar-refractivity contribution in [3.63, 3.8) is 0 Å². The Balaban J connectivity index is 2.23. The fourth-order valence-electron chi connectivity index (χ4n) is 2.57. The normalized spacial score (nSPS) is 17.4. The molecule has 1 nitrogen and oxygen atoms in total. The highest BCUT2D eigenvalue weighted by molar-refractivity contribution is 7.85. The Hall–Kier alpha value is -1.41. The average Bonchev–Trinajstić information content (AvgIpc) is 2.38. The van der Waals surface area contributed by atoms with Crippen LogP contribution in [0.15, 0.2) is 52.3 Å². The van der Waals surface area contributed by atoms with Crippen LogP contribution < -0.4 is 0 Å². The van der Waals surface area contributed by atoms with Crippen LogP contribution in [0, 0.1) is 0 Å². The van der Waals surface area contributed by atoms with Crippen LogP contribution in [0.3, 0.4) is 0 Å². The van der Waals surface area contributed by atoms with Crippen LogP contribution in [-0.4, -0.2) is 4.21 Å². The van der Waals surface area contributed by atoms with Crippen molar-refractivity contribution < 1.29 is 4.21 Å². The minimum atomic E-state index is -1.02. The van der Waals surface area contributed by atoms with E-state index in [2.05, 4.69) is 38.1 Å². The summed E-state index contributed by atoms with van der Waals surface area (Å²) < 4.78 is 12.7. The molecule has 0 N–H and O–H groups in total. The van der Waals surface area contributed by atoms with E-state index in [0.29, 0.717) is 5.92 Å². The van der Waals surface area contributed by atoms with E-state index in [4.69, 9.17) is 0 Å². The highest BCUT2D eigenvalue weighted by Gasteiger charge is 2.24. The van der Waals surface area contributed by atoms with Crippen molar-refractivity contribution in [3.8, 4) is 0 Å². The molecule has 92 valence electrons. The lowest BCUT2D eigenvalue weighted by atomic mass is 9.97. The van der Waals surface area contributed by atoms with E-state index in [-0.39, 0.29) is 0 Å². The predicted octanol–water partition coefficient (Wildman–Crippen LogP) is 3.88. The fraction of sp³-hybridized carbons (Fsp3) is 0.250. The van der Waals surface area contributed by atoms with E-state index in [0.717, 1.165) is 16.2 Å². The van der Waals surface area contributed by atoms with Gasteiger partial charge in [-0.1, -0.05) is 50.2 Å². The summed E-state index contributed by atoms with van der Waals surface area (Å²) in [7, 11) is -1.02. The quantitative estimate of drug-likeness (QED) is 0.645. The summed E-state index contributed by atoms with van der Waals surface area (Å²) in [6.07, 6.45) is 0.901. The van der Waals surface area contributed by atoms with Crippen LogP contribution in [0.1, 0.15) is 36.5 Å². The lowest BCUT2D eigenvalue weighted by molar-refractivity contribution is 0.676. The van der Waals surface area contributed by atoms with Crippen molar-refractivity contribution in [2.24, 2.45) is 0 Å². The molecule has 0 spiro atoms. The minimum Gasteiger partial charge on any atom is -0.249 e. The van der Waals surface area contributed by atoms with E-state index in [1.165, 1.54) is 16.7 Å². The molecule has 1 aliphatic heterocycles. The zero-order valence-corrected chi connectivity index (χ0v) is 11.5. The molecule has 18 heavy (non-hydrogen) atoms. The van der Waals surface area contributed by atoms with Gasteiger partial charge in [0.15, 0.2) is 0 Å². The molecule has 0 amide bonds. The van der Waals surface area contributed by atoms with Gasteiger partial charge >= 0.3 is 0 Å². The van der Waals surface area contributed by atoms with Crippen molar-refractivity contribution in [1.29, 1.82) is 0 Å². The molecule has 0 aromatic heterocycles. The summed E-state index contributed by atoms with van der Waals surface area (Å²) in [5, 5.41) is 0. The number of hydrogen-bond donors (Lipinski definition) is 0. The fourth-order valence-corrected chi connectivity index (χ4v) is 4.27. The number of benzene rings is 2. The first kappa shape index (κ1) is 11.7. The second-order valence-electron chi connectivity index (χ2n) is 5.04. The number of rotatable bonds is 1. The Kier molecular flexibility index (Phi) is 2.83. The van der Waals surface area contributed by atoms with Crippen LogP contribution in [0.4, 0.5) is 0 Å². The SMILES string of the molecule is CC(C)c1cccc2c1S(=O)c1ccccc1C2. The van der Waals surface area contributed by atoms with Gasteiger partial charge in [-0.05, 0) is 35.1 Å². The maximum atomic E-state index is 12.7. The maximum absolute atomic E-state index is 12.7. The van der Waals surface area contributed by atoms with Crippen LogP contribution in [-0.2, 0) is 17.2 Å². The molecule has 2 aromatic carbocycles. The van der Waals surface area contributed by atoms with Gasteiger partial charge in [0.05, 0.1) is 15.7 Å². The second kappa shape index (κ2) is 4.36. The molecule has 0 aliphatic carbocycles. The predicted molar refractivity (Wildman–Crippen MR) is 74.5 cm³/mol. The van der Waals surface area contributed by atoms with E-state index >= 15 is 0 Å². The molecular weight excluding hydrogens is 240 g/mol. The molecule has 3 rings (SSSR count). The first-order valence-electron chi connectivity index (χ1n) is 6.30. The first-order valence-corrected chi connectivity index (χ1v) is 7.45. The third kappa shape index (κ3) is 1.72. The van der Waals surface area contributed by atoms with Crippen molar-refractivity contribution in [2.75, 3.05) is 0 Å². The molecule has 2 heteroatoms. The topological polar surface area (TPSA) is 17.1 Å². The third-order valence-electron chi connectivity index (χ3n) is 3.49. The Morgan fingerprint density at radius 3 is 2.50 bits per heavy atom. The zero-order valence-electron chi connectivity index (χ0n) is 10.6. The van der Waals surface area contributed by atoms with E-state index in [1.807, 2.05) is 18.2 Å². The van der Waals surface area contributed by atoms with Crippen molar-refractivity contribution >= 4 is 10.8 Å². The third-order valence-corrected chi connectivity index (χ3v) is 5.15. The summed E-state index contributed by atoms with van der Waals surface area (Å²) >= 11 is 0. The molecule has 1 aliphatic rings. The van der Waals surface area contributed by atoms with Gasteiger partial charge in [0.1, 0.15) is 0 Å². The molecule has 1 atom stereocenters. The summed E-state index contributed by atoms with van der Waals surface area (Å²) in [4.78, 5) is 2.03. The standard InChI is InChI=1S/C16H16OS/c1-11(2)14-8-5-7-13-10-12-6-3-4-9-15(12)18(17)16(13)14/h3-9,11H,10H2,1-2H3. The van der Waals surface area contributed by atoms with Gasteiger partial charge in [-0.2, -0.15) is 0 Å². The van der Waals surface area contributed by atoms with Gasteiger partial charge in [-0.15, -0.1) is 0 Å². The molecule has 1 unspecified atom stereocenters. The molecule has 0 saturated heterocycles. The lowest BCUT2D eigenvalue weighted by Gasteiger charge is -2.22. The molecule has 0 saturated carbocycles. The van der Waals surface area contributed by atoms with Crippen molar-refractivity contribution in [1.82, 2.24) is 0 Å². The maximum Gasteiger partial charge on any atom is 0.0858 e. The Morgan fingerprint density at radius 1 is 1.00 bits per heavy atom. The Labute approximate surface area is 110 Å². The average molecular weight is 256 g/mol.